The second-order valence-electron chi connectivity index (χ2n) is 8.04. The molecule has 0 amide bonds. The number of aromatic nitrogens is 1. The maximum atomic E-state index is 6.10. The summed E-state index contributed by atoms with van der Waals surface area (Å²) in [5.41, 5.74) is 6.49. The Balaban J connectivity index is 1.27. The van der Waals surface area contributed by atoms with Crippen molar-refractivity contribution in [1.82, 2.24) is 10.3 Å². The van der Waals surface area contributed by atoms with Gasteiger partial charge in [0.15, 0.2) is 0 Å². The van der Waals surface area contributed by atoms with Crippen molar-refractivity contribution in [2.24, 2.45) is 0 Å². The fourth-order valence-electron chi connectivity index (χ4n) is 4.43. The van der Waals surface area contributed by atoms with Gasteiger partial charge in [-0.05, 0) is 77.7 Å². The summed E-state index contributed by atoms with van der Waals surface area (Å²) in [6.45, 7) is 0.912. The van der Waals surface area contributed by atoms with E-state index in [0.717, 1.165) is 28.8 Å². The van der Waals surface area contributed by atoms with Crippen LogP contribution in [0.4, 0.5) is 0 Å². The summed E-state index contributed by atoms with van der Waals surface area (Å²) in [5, 5.41) is 6.68. The summed E-state index contributed by atoms with van der Waals surface area (Å²) >= 11 is 14.0. The fourth-order valence-corrected chi connectivity index (χ4v) is 5.56. The molecule has 0 fully saturated rings. The number of nitrogens with one attached hydrogen (secondary N) is 2. The molecule has 1 unspecified atom stereocenters. The van der Waals surface area contributed by atoms with Crippen LogP contribution < -0.4 is 5.32 Å². The molecule has 4 aromatic rings. The number of hydrogen-bond acceptors (Lipinski definition) is 2. The molecule has 1 aromatic heterocycles. The third-order valence-corrected chi connectivity index (χ3v) is 7.57. The summed E-state index contributed by atoms with van der Waals surface area (Å²) in [5.74, 6) is 1.13. The highest BCUT2D eigenvalue weighted by atomic mass is 35.5. The molecule has 0 bridgehead atoms. The van der Waals surface area contributed by atoms with Crippen LogP contribution in [-0.4, -0.2) is 16.8 Å². The Morgan fingerprint density at radius 3 is 2.42 bits per heavy atom. The van der Waals surface area contributed by atoms with Crippen molar-refractivity contribution < 1.29 is 0 Å². The average molecular weight is 467 g/mol. The zero-order chi connectivity index (χ0) is 21.2. The molecule has 0 saturated heterocycles. The lowest BCUT2D eigenvalue weighted by molar-refractivity contribution is 0.447. The number of hydrogen-bond donors (Lipinski definition) is 2. The monoisotopic (exact) mass is 466 g/mol. The van der Waals surface area contributed by atoms with Crippen LogP contribution in [0.15, 0.2) is 71.6 Å². The molecule has 1 atom stereocenters. The first-order valence-electron chi connectivity index (χ1n) is 10.7. The van der Waals surface area contributed by atoms with E-state index in [1.165, 1.54) is 51.0 Å². The summed E-state index contributed by atoms with van der Waals surface area (Å²) in [7, 11) is 0. The molecule has 158 valence electrons. The van der Waals surface area contributed by atoms with E-state index < -0.39 is 0 Å². The van der Waals surface area contributed by atoms with E-state index in [-0.39, 0.29) is 0 Å². The predicted molar refractivity (Wildman–Crippen MR) is 134 cm³/mol. The summed E-state index contributed by atoms with van der Waals surface area (Å²) in [6, 6.07) is 23.3. The van der Waals surface area contributed by atoms with E-state index in [0.29, 0.717) is 6.04 Å². The van der Waals surface area contributed by atoms with Crippen molar-refractivity contribution in [3.63, 3.8) is 0 Å². The van der Waals surface area contributed by atoms with Crippen molar-refractivity contribution in [2.45, 2.75) is 36.7 Å². The largest absolute Gasteiger partial charge is 0.358 e. The maximum absolute atomic E-state index is 6.10. The van der Waals surface area contributed by atoms with Gasteiger partial charge in [-0.15, -0.1) is 11.8 Å². The molecule has 2 nitrogen and oxygen atoms in total. The second-order valence-corrected chi connectivity index (χ2v) is 10.1. The van der Waals surface area contributed by atoms with Crippen LogP contribution >= 0.6 is 35.0 Å². The molecule has 1 aliphatic rings. The van der Waals surface area contributed by atoms with Crippen molar-refractivity contribution in [1.29, 1.82) is 0 Å². The van der Waals surface area contributed by atoms with Crippen LogP contribution in [0.5, 0.6) is 0 Å². The summed E-state index contributed by atoms with van der Waals surface area (Å²) in [6.07, 6.45) is 3.42. The molecule has 0 radical (unpaired) electrons. The van der Waals surface area contributed by atoms with E-state index in [2.05, 4.69) is 52.8 Å². The van der Waals surface area contributed by atoms with Gasteiger partial charge in [0.25, 0.3) is 0 Å². The zero-order valence-electron chi connectivity index (χ0n) is 17.1. The molecule has 1 aliphatic heterocycles. The van der Waals surface area contributed by atoms with Crippen molar-refractivity contribution in [3.8, 4) is 11.1 Å². The van der Waals surface area contributed by atoms with E-state index in [1.807, 2.05) is 36.0 Å². The Bertz CT molecular complexity index is 1180. The van der Waals surface area contributed by atoms with Crippen LogP contribution in [0.2, 0.25) is 10.0 Å². The summed E-state index contributed by atoms with van der Waals surface area (Å²) in [4.78, 5) is 4.99. The lowest BCUT2D eigenvalue weighted by Gasteiger charge is -2.24. The number of aromatic amines is 1. The first-order valence-corrected chi connectivity index (χ1v) is 12.4. The normalized spacial score (nSPS) is 15.9. The minimum Gasteiger partial charge on any atom is -0.358 e. The van der Waals surface area contributed by atoms with E-state index in [9.17, 15) is 0 Å². The van der Waals surface area contributed by atoms with Gasteiger partial charge < -0.3 is 10.3 Å². The quantitative estimate of drug-likeness (QED) is 0.224. The lowest BCUT2D eigenvalue weighted by atomic mass is 9.94. The standard InChI is InChI=1S/C26H24Cl2N2S/c27-18-8-6-17(7-9-18)22-4-1-5-24-26(22)23-16-29-20(15-25(23)30-24)3-2-14-31-21-12-10-19(28)11-13-21/h1,4-13,20,29-30H,2-3,14-16H2. The molecule has 5 rings (SSSR count). The number of rotatable bonds is 6. The third-order valence-electron chi connectivity index (χ3n) is 5.97. The van der Waals surface area contributed by atoms with Crippen LogP contribution in [0.25, 0.3) is 22.0 Å². The van der Waals surface area contributed by atoms with Crippen LogP contribution in [0.1, 0.15) is 24.1 Å². The van der Waals surface area contributed by atoms with Crippen LogP contribution in [0.3, 0.4) is 0 Å². The van der Waals surface area contributed by atoms with E-state index >= 15 is 0 Å². The zero-order valence-corrected chi connectivity index (χ0v) is 19.5. The number of fused-ring (bicyclic) bond motifs is 3. The highest BCUT2D eigenvalue weighted by Crippen LogP contribution is 2.35. The van der Waals surface area contributed by atoms with Gasteiger partial charge in [-0.25, -0.2) is 0 Å². The SMILES string of the molecule is Clc1ccc(SCCCC2Cc3[nH]c4cccc(-c5ccc(Cl)cc5)c4c3CN2)cc1. The Hall–Kier alpha value is -1.91. The van der Waals surface area contributed by atoms with E-state index in [4.69, 9.17) is 23.2 Å². The molecular formula is C26H24Cl2N2S. The first-order chi connectivity index (χ1) is 15.2. The Morgan fingerprint density at radius 2 is 1.65 bits per heavy atom. The Morgan fingerprint density at radius 1 is 0.903 bits per heavy atom. The van der Waals surface area contributed by atoms with Gasteiger partial charge >= 0.3 is 0 Å². The first kappa shape index (κ1) is 21.0. The topological polar surface area (TPSA) is 27.8 Å². The molecule has 5 heteroatoms. The number of thioether (sulfide) groups is 1. The molecule has 0 spiro atoms. The lowest BCUT2D eigenvalue weighted by Crippen LogP contribution is -2.35. The predicted octanol–water partition coefficient (Wildman–Crippen LogP) is 7.73. The highest BCUT2D eigenvalue weighted by molar-refractivity contribution is 7.99. The Labute approximate surface area is 197 Å². The van der Waals surface area contributed by atoms with Gasteiger partial charge in [0.2, 0.25) is 0 Å². The average Bonchev–Trinajstić information content (AvgIpc) is 3.16. The molecular weight excluding hydrogens is 443 g/mol. The van der Waals surface area contributed by atoms with Gasteiger partial charge in [-0.3, -0.25) is 0 Å². The minimum absolute atomic E-state index is 0.519. The van der Waals surface area contributed by atoms with Crippen LogP contribution in [-0.2, 0) is 13.0 Å². The molecule has 0 aliphatic carbocycles. The molecule has 3 aromatic carbocycles. The summed E-state index contributed by atoms with van der Waals surface area (Å²) < 4.78 is 0. The molecule has 2 heterocycles. The minimum atomic E-state index is 0.519. The molecule has 0 saturated carbocycles. The van der Waals surface area contributed by atoms with Gasteiger partial charge in [-0.2, -0.15) is 0 Å². The van der Waals surface area contributed by atoms with Crippen molar-refractivity contribution in [2.75, 3.05) is 5.75 Å². The Kier molecular flexibility index (Phi) is 6.29. The van der Waals surface area contributed by atoms with E-state index in [1.54, 1.807) is 0 Å². The van der Waals surface area contributed by atoms with Gasteiger partial charge in [0.05, 0.1) is 0 Å². The number of benzene rings is 3. The second kappa shape index (κ2) is 9.30. The van der Waals surface area contributed by atoms with Crippen LogP contribution in [0, 0.1) is 0 Å². The van der Waals surface area contributed by atoms with Gasteiger partial charge in [0.1, 0.15) is 0 Å². The molecule has 2 N–H and O–H groups in total. The molecule has 31 heavy (non-hydrogen) atoms. The smallest absolute Gasteiger partial charge is 0.0465 e. The number of halogens is 2. The fraction of sp³-hybridized carbons (Fsp3) is 0.231. The van der Waals surface area contributed by atoms with Gasteiger partial charge in [-0.1, -0.05) is 47.5 Å². The van der Waals surface area contributed by atoms with Crippen molar-refractivity contribution in [3.05, 3.63) is 88.0 Å². The van der Waals surface area contributed by atoms with Gasteiger partial charge in [0, 0.05) is 50.5 Å². The third kappa shape index (κ3) is 4.65. The number of H-pyrrole nitrogens is 1. The van der Waals surface area contributed by atoms with Crippen molar-refractivity contribution >= 4 is 45.9 Å². The maximum Gasteiger partial charge on any atom is 0.0465 e. The highest BCUT2D eigenvalue weighted by Gasteiger charge is 2.23.